The monoisotopic (exact) mass is 263 g/mol. The van der Waals surface area contributed by atoms with Gasteiger partial charge in [-0.3, -0.25) is 14.5 Å². The number of carbonyl (C=O) groups excluding carboxylic acids is 2. The fraction of sp³-hybridized carbons (Fsp3) is 0.286. The maximum Gasteiger partial charge on any atom is 0.273 e. The standard InChI is InChI=1S/C14H14ClNO2/c1-4-16-13(17)11(12(15)14(16)18)10-6-5-8(2)9(3)7-10/h5-7H,4H2,1-3H3. The Hall–Kier alpha value is -1.61. The lowest BCUT2D eigenvalue weighted by Crippen LogP contribution is -2.30. The first-order valence-electron chi connectivity index (χ1n) is 5.81. The Morgan fingerprint density at radius 1 is 1.11 bits per heavy atom. The van der Waals surface area contributed by atoms with Gasteiger partial charge in [-0.05, 0) is 37.5 Å². The number of nitrogens with zero attached hydrogens (tertiary/aromatic N) is 1. The number of hydrogen-bond acceptors (Lipinski definition) is 2. The van der Waals surface area contributed by atoms with Gasteiger partial charge in [0, 0.05) is 6.54 Å². The summed E-state index contributed by atoms with van der Waals surface area (Å²) >= 11 is 5.99. The van der Waals surface area contributed by atoms with Gasteiger partial charge in [0.05, 0.1) is 5.57 Å². The van der Waals surface area contributed by atoms with Crippen LogP contribution < -0.4 is 0 Å². The number of halogens is 1. The molecule has 0 spiro atoms. The summed E-state index contributed by atoms with van der Waals surface area (Å²) in [6.45, 7) is 6.05. The van der Waals surface area contributed by atoms with Crippen molar-refractivity contribution in [1.29, 1.82) is 0 Å². The van der Waals surface area contributed by atoms with E-state index in [1.807, 2.05) is 32.0 Å². The minimum absolute atomic E-state index is 0.0186. The predicted molar refractivity (Wildman–Crippen MR) is 71.1 cm³/mol. The minimum Gasteiger partial charge on any atom is -0.274 e. The number of imide groups is 1. The van der Waals surface area contributed by atoms with Crippen LogP contribution in [0, 0.1) is 13.8 Å². The molecular weight excluding hydrogens is 250 g/mol. The van der Waals surface area contributed by atoms with Crippen molar-refractivity contribution < 1.29 is 9.59 Å². The van der Waals surface area contributed by atoms with Gasteiger partial charge < -0.3 is 0 Å². The maximum absolute atomic E-state index is 12.1. The predicted octanol–water partition coefficient (Wildman–Crippen LogP) is 2.64. The van der Waals surface area contributed by atoms with E-state index < -0.39 is 5.91 Å². The van der Waals surface area contributed by atoms with Crippen LogP contribution in [-0.2, 0) is 9.59 Å². The summed E-state index contributed by atoms with van der Waals surface area (Å²) in [6.07, 6.45) is 0. The van der Waals surface area contributed by atoms with Crippen molar-refractivity contribution in [3.8, 4) is 0 Å². The number of hydrogen-bond donors (Lipinski definition) is 0. The second kappa shape index (κ2) is 4.58. The first kappa shape index (κ1) is 12.8. The molecule has 0 saturated heterocycles. The van der Waals surface area contributed by atoms with Gasteiger partial charge in [0.2, 0.25) is 0 Å². The molecule has 18 heavy (non-hydrogen) atoms. The van der Waals surface area contributed by atoms with Crippen molar-refractivity contribution in [3.63, 3.8) is 0 Å². The third kappa shape index (κ3) is 1.85. The second-order valence-electron chi connectivity index (χ2n) is 4.34. The summed E-state index contributed by atoms with van der Waals surface area (Å²) in [5.41, 5.74) is 3.23. The van der Waals surface area contributed by atoms with Gasteiger partial charge in [-0.1, -0.05) is 29.8 Å². The van der Waals surface area contributed by atoms with E-state index in [9.17, 15) is 9.59 Å². The summed E-state index contributed by atoms with van der Waals surface area (Å²) in [6, 6.07) is 5.63. The molecule has 2 rings (SSSR count). The Kier molecular flexibility index (Phi) is 3.26. The van der Waals surface area contributed by atoms with Gasteiger partial charge in [-0.2, -0.15) is 0 Å². The SMILES string of the molecule is CCN1C(=O)C(Cl)=C(c2ccc(C)c(C)c2)C1=O. The highest BCUT2D eigenvalue weighted by molar-refractivity contribution is 6.55. The summed E-state index contributed by atoms with van der Waals surface area (Å²) in [5.74, 6) is -0.715. The minimum atomic E-state index is -0.405. The molecule has 0 unspecified atom stereocenters. The first-order chi connectivity index (χ1) is 8.47. The van der Waals surface area contributed by atoms with Crippen molar-refractivity contribution in [2.75, 3.05) is 6.54 Å². The van der Waals surface area contributed by atoms with E-state index in [1.165, 1.54) is 0 Å². The zero-order valence-corrected chi connectivity index (χ0v) is 11.3. The second-order valence-corrected chi connectivity index (χ2v) is 4.72. The Morgan fingerprint density at radius 2 is 1.78 bits per heavy atom. The third-order valence-electron chi connectivity index (χ3n) is 3.22. The van der Waals surface area contributed by atoms with Crippen molar-refractivity contribution >= 4 is 29.0 Å². The summed E-state index contributed by atoms with van der Waals surface area (Å²) < 4.78 is 0. The molecule has 94 valence electrons. The molecule has 0 bridgehead atoms. The van der Waals surface area contributed by atoms with Crippen LogP contribution in [0.25, 0.3) is 5.57 Å². The molecule has 0 fully saturated rings. The summed E-state index contributed by atoms with van der Waals surface area (Å²) in [5, 5.41) is 0.0186. The molecule has 0 saturated carbocycles. The molecule has 1 heterocycles. The number of aryl methyl sites for hydroxylation is 2. The fourth-order valence-electron chi connectivity index (χ4n) is 1.98. The van der Waals surface area contributed by atoms with Gasteiger partial charge in [-0.25, -0.2) is 0 Å². The Balaban J connectivity index is 2.53. The van der Waals surface area contributed by atoms with Gasteiger partial charge in [0.1, 0.15) is 5.03 Å². The summed E-state index contributed by atoms with van der Waals surface area (Å²) in [4.78, 5) is 25.1. The number of rotatable bonds is 2. The van der Waals surface area contributed by atoms with E-state index in [1.54, 1.807) is 6.92 Å². The van der Waals surface area contributed by atoms with Crippen LogP contribution in [0.4, 0.5) is 0 Å². The van der Waals surface area contributed by atoms with Crippen molar-refractivity contribution in [2.45, 2.75) is 20.8 Å². The lowest BCUT2D eigenvalue weighted by atomic mass is 10.0. The van der Waals surface area contributed by atoms with E-state index in [0.717, 1.165) is 16.0 Å². The van der Waals surface area contributed by atoms with Crippen LogP contribution in [-0.4, -0.2) is 23.3 Å². The van der Waals surface area contributed by atoms with Gasteiger partial charge in [-0.15, -0.1) is 0 Å². The van der Waals surface area contributed by atoms with Crippen molar-refractivity contribution in [1.82, 2.24) is 4.90 Å². The molecule has 0 aliphatic carbocycles. The molecule has 1 aromatic rings. The molecule has 0 N–H and O–H groups in total. The molecular formula is C14H14ClNO2. The van der Waals surface area contributed by atoms with Crippen LogP contribution in [0.5, 0.6) is 0 Å². The van der Waals surface area contributed by atoms with Crippen LogP contribution in [0.2, 0.25) is 0 Å². The zero-order chi connectivity index (χ0) is 13.4. The smallest absolute Gasteiger partial charge is 0.273 e. The quantitative estimate of drug-likeness (QED) is 0.770. The van der Waals surface area contributed by atoms with E-state index in [2.05, 4.69) is 0 Å². The molecule has 1 aliphatic heterocycles. The van der Waals surface area contributed by atoms with E-state index in [-0.39, 0.29) is 10.9 Å². The lowest BCUT2D eigenvalue weighted by molar-refractivity contribution is -0.136. The van der Waals surface area contributed by atoms with Crippen LogP contribution in [0.1, 0.15) is 23.6 Å². The normalized spacial score (nSPS) is 15.9. The highest BCUT2D eigenvalue weighted by atomic mass is 35.5. The molecule has 0 atom stereocenters. The Labute approximate surface area is 111 Å². The fourth-order valence-corrected chi connectivity index (χ4v) is 2.27. The zero-order valence-electron chi connectivity index (χ0n) is 10.6. The number of carbonyl (C=O) groups is 2. The largest absolute Gasteiger partial charge is 0.274 e. The molecule has 0 radical (unpaired) electrons. The maximum atomic E-state index is 12.1. The van der Waals surface area contributed by atoms with E-state index >= 15 is 0 Å². The summed E-state index contributed by atoms with van der Waals surface area (Å²) in [7, 11) is 0. The molecule has 3 nitrogen and oxygen atoms in total. The molecule has 4 heteroatoms. The van der Waals surface area contributed by atoms with Crippen LogP contribution >= 0.6 is 11.6 Å². The van der Waals surface area contributed by atoms with E-state index in [0.29, 0.717) is 17.7 Å². The van der Waals surface area contributed by atoms with Gasteiger partial charge in [0.25, 0.3) is 11.8 Å². The van der Waals surface area contributed by atoms with Crippen LogP contribution in [0.15, 0.2) is 23.2 Å². The number of benzene rings is 1. The molecule has 2 amide bonds. The average molecular weight is 264 g/mol. The highest BCUT2D eigenvalue weighted by Crippen LogP contribution is 2.32. The molecule has 1 aliphatic rings. The number of likely N-dealkylation sites (N-methyl/N-ethyl adjacent to an activating group) is 1. The van der Waals surface area contributed by atoms with Gasteiger partial charge >= 0.3 is 0 Å². The van der Waals surface area contributed by atoms with Crippen molar-refractivity contribution in [2.24, 2.45) is 0 Å². The Bertz CT molecular complexity index is 575. The van der Waals surface area contributed by atoms with Crippen molar-refractivity contribution in [3.05, 3.63) is 39.9 Å². The average Bonchev–Trinajstić information content (AvgIpc) is 2.54. The Morgan fingerprint density at radius 3 is 2.28 bits per heavy atom. The van der Waals surface area contributed by atoms with Crippen LogP contribution in [0.3, 0.4) is 0 Å². The lowest BCUT2D eigenvalue weighted by Gasteiger charge is -2.11. The topological polar surface area (TPSA) is 37.4 Å². The molecule has 1 aromatic carbocycles. The highest BCUT2D eigenvalue weighted by Gasteiger charge is 2.37. The number of amides is 2. The van der Waals surface area contributed by atoms with E-state index in [4.69, 9.17) is 11.6 Å². The van der Waals surface area contributed by atoms with Gasteiger partial charge in [0.15, 0.2) is 0 Å². The third-order valence-corrected chi connectivity index (χ3v) is 3.57. The molecule has 0 aromatic heterocycles. The first-order valence-corrected chi connectivity index (χ1v) is 6.18.